The fraction of sp³-hybridized carbons (Fsp3) is 0.923. The molecule has 3 N–H and O–H groups in total. The van der Waals surface area contributed by atoms with E-state index in [1.165, 1.54) is 360 Å². The van der Waals surface area contributed by atoms with Gasteiger partial charge in [0.1, 0.15) is 0 Å². The monoisotopic (exact) mass is 1180 g/mol. The van der Waals surface area contributed by atoms with Gasteiger partial charge in [0, 0.05) is 12.8 Å². The number of ether oxygens (including phenoxy) is 1. The molecule has 0 aliphatic carbocycles. The zero-order valence-corrected chi connectivity index (χ0v) is 57.2. The van der Waals surface area contributed by atoms with Crippen LogP contribution in [-0.4, -0.2) is 47.4 Å². The predicted octanol–water partition coefficient (Wildman–Crippen LogP) is 25.3. The second kappa shape index (κ2) is 73.8. The number of esters is 1. The summed E-state index contributed by atoms with van der Waals surface area (Å²) in [5, 5.41) is 23.3. The molecule has 6 heteroatoms. The van der Waals surface area contributed by atoms with Crippen molar-refractivity contribution in [1.29, 1.82) is 0 Å². The first kappa shape index (κ1) is 82.3. The lowest BCUT2D eigenvalue weighted by Gasteiger charge is -2.22. The number of unbranched alkanes of at least 4 members (excludes halogenated alkanes) is 58. The Hall–Kier alpha value is -1.66. The Morgan fingerprint density at radius 1 is 0.333 bits per heavy atom. The van der Waals surface area contributed by atoms with Crippen molar-refractivity contribution in [2.45, 2.75) is 450 Å². The fourth-order valence-electron chi connectivity index (χ4n) is 12.4. The average Bonchev–Trinajstić information content (AvgIpc) is 3.54. The van der Waals surface area contributed by atoms with Crippen LogP contribution in [0.3, 0.4) is 0 Å². The van der Waals surface area contributed by atoms with Crippen molar-refractivity contribution in [3.63, 3.8) is 0 Å². The average molecular weight is 1180 g/mol. The maximum atomic E-state index is 12.5. The van der Waals surface area contributed by atoms with E-state index in [0.717, 1.165) is 44.9 Å². The standard InChI is InChI=1S/C78H151NO5/c1-3-5-7-9-11-13-15-17-18-19-37-41-44-48-52-56-60-64-68-72-78(83)84-73-69-65-61-57-53-49-45-42-39-36-34-32-30-28-26-24-22-20-21-23-25-27-29-31-33-35-38-40-43-47-51-55-59-63-67-71-77(82)79-75(74-80)76(81)70-66-62-58-54-50-46-16-14-12-10-8-6-4-2/h11,13,17-18,75-76,80-81H,3-10,12,14-16,19-74H2,1-2H3,(H,79,82)/b13-11-,18-17-. The number of allylic oxidation sites excluding steroid dienone is 4. The molecule has 2 atom stereocenters. The predicted molar refractivity (Wildman–Crippen MR) is 370 cm³/mol. The zero-order chi connectivity index (χ0) is 60.6. The SMILES string of the molecule is CCCCC/C=C\C/C=C\CCCCCCCCCCCC(=O)OCCCCCCCCCCCCCCCCCCCCCCCCCCCCCCCCCCCCCC(=O)NC(CO)C(O)CCCCCCCCCCCCCCC. The molecule has 0 spiro atoms. The molecule has 0 saturated carbocycles. The Morgan fingerprint density at radius 3 is 0.929 bits per heavy atom. The molecule has 0 aliphatic heterocycles. The molecule has 0 radical (unpaired) electrons. The van der Waals surface area contributed by atoms with Gasteiger partial charge in [0.2, 0.25) is 5.91 Å². The summed E-state index contributed by atoms with van der Waals surface area (Å²) in [5.41, 5.74) is 0. The van der Waals surface area contributed by atoms with Gasteiger partial charge in [-0.05, 0) is 57.8 Å². The Labute approximate surface area is 526 Å². The molecule has 0 rings (SSSR count). The van der Waals surface area contributed by atoms with Gasteiger partial charge in [-0.1, -0.05) is 391 Å². The second-order valence-corrected chi connectivity index (χ2v) is 26.7. The van der Waals surface area contributed by atoms with Crippen molar-refractivity contribution >= 4 is 11.9 Å². The van der Waals surface area contributed by atoms with Crippen LogP contribution in [0, 0.1) is 0 Å². The molecule has 6 nitrogen and oxygen atoms in total. The van der Waals surface area contributed by atoms with Crippen molar-refractivity contribution < 1.29 is 24.5 Å². The third-order valence-corrected chi connectivity index (χ3v) is 18.3. The van der Waals surface area contributed by atoms with Crippen molar-refractivity contribution in [2.24, 2.45) is 0 Å². The molecule has 0 aromatic heterocycles. The normalized spacial score (nSPS) is 12.6. The Bertz CT molecular complexity index is 1320. The Balaban J connectivity index is 3.28. The van der Waals surface area contributed by atoms with E-state index >= 15 is 0 Å². The third-order valence-electron chi connectivity index (χ3n) is 18.3. The summed E-state index contributed by atoms with van der Waals surface area (Å²) in [5.74, 6) is -0.00745. The van der Waals surface area contributed by atoms with Gasteiger partial charge in [-0.15, -0.1) is 0 Å². The summed E-state index contributed by atoms with van der Waals surface area (Å²) in [6.07, 6.45) is 94.1. The molecule has 498 valence electrons. The summed E-state index contributed by atoms with van der Waals surface area (Å²) >= 11 is 0. The van der Waals surface area contributed by atoms with Gasteiger partial charge in [0.15, 0.2) is 0 Å². The number of hydrogen-bond acceptors (Lipinski definition) is 5. The van der Waals surface area contributed by atoms with Crippen LogP contribution in [0.4, 0.5) is 0 Å². The first-order chi connectivity index (χ1) is 41.5. The maximum Gasteiger partial charge on any atom is 0.305 e. The van der Waals surface area contributed by atoms with Gasteiger partial charge in [0.05, 0.1) is 25.4 Å². The van der Waals surface area contributed by atoms with E-state index in [2.05, 4.69) is 43.5 Å². The maximum absolute atomic E-state index is 12.5. The molecule has 0 bridgehead atoms. The largest absolute Gasteiger partial charge is 0.466 e. The van der Waals surface area contributed by atoms with Gasteiger partial charge in [0.25, 0.3) is 0 Å². The molecule has 0 aromatic rings. The lowest BCUT2D eigenvalue weighted by atomic mass is 10.0. The summed E-state index contributed by atoms with van der Waals surface area (Å²) in [6, 6.07) is -0.536. The highest BCUT2D eigenvalue weighted by Crippen LogP contribution is 2.20. The number of amides is 1. The van der Waals surface area contributed by atoms with Gasteiger partial charge in [-0.25, -0.2) is 0 Å². The van der Waals surface area contributed by atoms with Crippen LogP contribution in [0.15, 0.2) is 24.3 Å². The molecular weight excluding hydrogens is 1030 g/mol. The number of aliphatic hydroxyl groups is 2. The molecule has 84 heavy (non-hydrogen) atoms. The number of carbonyl (C=O) groups is 2. The van der Waals surface area contributed by atoms with E-state index in [1.54, 1.807) is 0 Å². The molecule has 1 amide bonds. The summed E-state index contributed by atoms with van der Waals surface area (Å²) in [7, 11) is 0. The van der Waals surface area contributed by atoms with Crippen LogP contribution in [0.2, 0.25) is 0 Å². The van der Waals surface area contributed by atoms with Crippen LogP contribution in [0.1, 0.15) is 438 Å². The van der Waals surface area contributed by atoms with Crippen LogP contribution in [-0.2, 0) is 14.3 Å². The second-order valence-electron chi connectivity index (χ2n) is 26.7. The first-order valence-electron chi connectivity index (χ1n) is 38.6. The van der Waals surface area contributed by atoms with Crippen molar-refractivity contribution in [1.82, 2.24) is 5.32 Å². The lowest BCUT2D eigenvalue weighted by Crippen LogP contribution is -2.45. The summed E-state index contributed by atoms with van der Waals surface area (Å²) < 4.78 is 5.52. The van der Waals surface area contributed by atoms with E-state index in [1.807, 2.05) is 0 Å². The highest BCUT2D eigenvalue weighted by atomic mass is 16.5. The molecule has 0 saturated heterocycles. The van der Waals surface area contributed by atoms with Crippen LogP contribution in [0.5, 0.6) is 0 Å². The Kier molecular flexibility index (Phi) is 72.3. The van der Waals surface area contributed by atoms with E-state index < -0.39 is 12.1 Å². The lowest BCUT2D eigenvalue weighted by molar-refractivity contribution is -0.143. The summed E-state index contributed by atoms with van der Waals surface area (Å²) in [6.45, 7) is 4.97. The quantitative estimate of drug-likeness (QED) is 0.0320. The van der Waals surface area contributed by atoms with E-state index in [0.29, 0.717) is 25.9 Å². The van der Waals surface area contributed by atoms with E-state index in [9.17, 15) is 19.8 Å². The van der Waals surface area contributed by atoms with E-state index in [-0.39, 0.29) is 18.5 Å². The van der Waals surface area contributed by atoms with E-state index in [4.69, 9.17) is 4.74 Å². The van der Waals surface area contributed by atoms with Gasteiger partial charge in [-0.2, -0.15) is 0 Å². The number of rotatable bonds is 73. The smallest absolute Gasteiger partial charge is 0.305 e. The number of aliphatic hydroxyl groups excluding tert-OH is 2. The van der Waals surface area contributed by atoms with Gasteiger partial charge >= 0.3 is 5.97 Å². The van der Waals surface area contributed by atoms with Crippen molar-refractivity contribution in [2.75, 3.05) is 13.2 Å². The van der Waals surface area contributed by atoms with Crippen molar-refractivity contribution in [3.8, 4) is 0 Å². The highest BCUT2D eigenvalue weighted by Gasteiger charge is 2.20. The minimum Gasteiger partial charge on any atom is -0.466 e. The fourth-order valence-corrected chi connectivity index (χ4v) is 12.4. The first-order valence-corrected chi connectivity index (χ1v) is 38.6. The number of carbonyl (C=O) groups excluding carboxylic acids is 2. The minimum absolute atomic E-state index is 0.0196. The topological polar surface area (TPSA) is 95.9 Å². The molecule has 2 unspecified atom stereocenters. The molecule has 0 fully saturated rings. The Morgan fingerprint density at radius 2 is 0.595 bits per heavy atom. The highest BCUT2D eigenvalue weighted by molar-refractivity contribution is 5.76. The zero-order valence-electron chi connectivity index (χ0n) is 57.2. The van der Waals surface area contributed by atoms with Gasteiger partial charge < -0.3 is 20.3 Å². The minimum atomic E-state index is -0.659. The van der Waals surface area contributed by atoms with Crippen molar-refractivity contribution in [3.05, 3.63) is 24.3 Å². The molecule has 0 aliphatic rings. The molecular formula is C78H151NO5. The number of hydrogen-bond donors (Lipinski definition) is 3. The van der Waals surface area contributed by atoms with Crippen LogP contribution < -0.4 is 5.32 Å². The molecule has 0 heterocycles. The molecule has 0 aromatic carbocycles. The van der Waals surface area contributed by atoms with Crippen LogP contribution >= 0.6 is 0 Å². The van der Waals surface area contributed by atoms with Crippen LogP contribution in [0.25, 0.3) is 0 Å². The summed E-state index contributed by atoms with van der Waals surface area (Å²) in [4.78, 5) is 24.6. The third kappa shape index (κ3) is 69.4. The number of nitrogens with one attached hydrogen (secondary N) is 1. The van der Waals surface area contributed by atoms with Gasteiger partial charge in [-0.3, -0.25) is 9.59 Å².